The van der Waals surface area contributed by atoms with Gasteiger partial charge in [-0.1, -0.05) is 0 Å². The smallest absolute Gasteiger partial charge is 0.239 e. The average molecular weight is 246 g/mol. The van der Waals surface area contributed by atoms with E-state index < -0.39 is 0 Å². The largest absolute Gasteiger partial charge is 0.393 e. The fourth-order valence-electron chi connectivity index (χ4n) is 1.39. The zero-order valence-corrected chi connectivity index (χ0v) is 10.3. The number of aliphatic hydroxyl groups excluding tert-OH is 1. The van der Waals surface area contributed by atoms with Crippen LogP contribution in [0.15, 0.2) is 0 Å². The predicted octanol–water partition coefficient (Wildman–Crippen LogP) is -0.203. The van der Waals surface area contributed by atoms with Crippen molar-refractivity contribution >= 4 is 23.6 Å². The molecular formula is C10H18N2O3S. The zero-order chi connectivity index (χ0) is 12.0. The second-order valence-electron chi connectivity index (χ2n) is 3.91. The minimum Gasteiger partial charge on any atom is -0.393 e. The Morgan fingerprint density at radius 3 is 3.00 bits per heavy atom. The van der Waals surface area contributed by atoms with Crippen LogP contribution in [0.4, 0.5) is 0 Å². The standard InChI is InChI=1S/C10H18N2O3S/c1-8(13)3-2-4-11-9(14)5-12-7-16-6-10(12)15/h8,13H,2-7H2,1H3,(H,11,14). The van der Waals surface area contributed by atoms with E-state index in [4.69, 9.17) is 5.11 Å². The first-order valence-corrected chi connectivity index (χ1v) is 6.55. The van der Waals surface area contributed by atoms with Crippen molar-refractivity contribution in [3.8, 4) is 0 Å². The summed E-state index contributed by atoms with van der Waals surface area (Å²) in [6.07, 6.45) is 1.11. The number of nitrogens with zero attached hydrogens (tertiary/aromatic N) is 1. The maximum atomic E-state index is 11.4. The van der Waals surface area contributed by atoms with E-state index in [9.17, 15) is 9.59 Å². The topological polar surface area (TPSA) is 69.6 Å². The summed E-state index contributed by atoms with van der Waals surface area (Å²) in [7, 11) is 0. The Morgan fingerprint density at radius 2 is 2.44 bits per heavy atom. The fraction of sp³-hybridized carbons (Fsp3) is 0.800. The van der Waals surface area contributed by atoms with E-state index in [-0.39, 0.29) is 24.5 Å². The molecule has 1 aliphatic rings. The minimum absolute atomic E-state index is 0.0316. The number of nitrogens with one attached hydrogen (secondary N) is 1. The molecule has 5 nitrogen and oxygen atoms in total. The lowest BCUT2D eigenvalue weighted by Gasteiger charge is -2.14. The van der Waals surface area contributed by atoms with Gasteiger partial charge in [-0.05, 0) is 19.8 Å². The molecule has 1 heterocycles. The molecule has 1 atom stereocenters. The molecule has 0 aromatic rings. The van der Waals surface area contributed by atoms with Crippen LogP contribution >= 0.6 is 11.8 Å². The Hall–Kier alpha value is -0.750. The van der Waals surface area contributed by atoms with E-state index in [1.165, 1.54) is 11.8 Å². The van der Waals surface area contributed by atoms with Gasteiger partial charge in [0.2, 0.25) is 11.8 Å². The van der Waals surface area contributed by atoms with E-state index in [2.05, 4.69) is 5.32 Å². The molecule has 1 aliphatic heterocycles. The molecule has 1 fully saturated rings. The van der Waals surface area contributed by atoms with Crippen molar-refractivity contribution < 1.29 is 14.7 Å². The summed E-state index contributed by atoms with van der Waals surface area (Å²) in [4.78, 5) is 24.2. The number of hydrogen-bond donors (Lipinski definition) is 2. The van der Waals surface area contributed by atoms with Crippen LogP contribution in [0.25, 0.3) is 0 Å². The van der Waals surface area contributed by atoms with Gasteiger partial charge in [0.25, 0.3) is 0 Å². The van der Waals surface area contributed by atoms with Gasteiger partial charge in [0, 0.05) is 6.54 Å². The van der Waals surface area contributed by atoms with E-state index in [0.29, 0.717) is 24.6 Å². The molecule has 0 radical (unpaired) electrons. The molecule has 2 N–H and O–H groups in total. The number of rotatable bonds is 6. The summed E-state index contributed by atoms with van der Waals surface area (Å²) in [5, 5.41) is 11.7. The van der Waals surface area contributed by atoms with Crippen LogP contribution in [0.3, 0.4) is 0 Å². The number of carbonyl (C=O) groups excluding carboxylic acids is 2. The Balaban J connectivity index is 2.09. The molecule has 0 aromatic heterocycles. The third-order valence-corrected chi connectivity index (χ3v) is 3.23. The molecule has 1 saturated heterocycles. The van der Waals surface area contributed by atoms with Gasteiger partial charge in [-0.15, -0.1) is 11.8 Å². The van der Waals surface area contributed by atoms with Crippen LogP contribution in [-0.2, 0) is 9.59 Å². The highest BCUT2D eigenvalue weighted by atomic mass is 32.2. The SMILES string of the molecule is CC(O)CCCNC(=O)CN1CSCC1=O. The van der Waals surface area contributed by atoms with Gasteiger partial charge < -0.3 is 15.3 Å². The Kier molecular flexibility index (Phi) is 5.62. The number of hydrogen-bond acceptors (Lipinski definition) is 4. The van der Waals surface area contributed by atoms with Gasteiger partial charge in [0.15, 0.2) is 0 Å². The van der Waals surface area contributed by atoms with Gasteiger partial charge in [0.05, 0.1) is 17.7 Å². The monoisotopic (exact) mass is 246 g/mol. The predicted molar refractivity (Wildman–Crippen MR) is 63.0 cm³/mol. The first kappa shape index (κ1) is 13.3. The van der Waals surface area contributed by atoms with Gasteiger partial charge in [-0.25, -0.2) is 0 Å². The number of thioether (sulfide) groups is 1. The fourth-order valence-corrected chi connectivity index (χ4v) is 2.30. The molecule has 0 saturated carbocycles. The molecule has 0 aromatic carbocycles. The third-order valence-electron chi connectivity index (χ3n) is 2.28. The summed E-state index contributed by atoms with van der Waals surface area (Å²) < 4.78 is 0. The van der Waals surface area contributed by atoms with E-state index in [1.54, 1.807) is 11.8 Å². The molecule has 2 amide bonds. The lowest BCUT2D eigenvalue weighted by molar-refractivity contribution is -0.132. The van der Waals surface area contributed by atoms with Crippen LogP contribution in [0, 0.1) is 0 Å². The van der Waals surface area contributed by atoms with E-state index in [1.807, 2.05) is 0 Å². The zero-order valence-electron chi connectivity index (χ0n) is 9.44. The molecule has 0 spiro atoms. The Morgan fingerprint density at radius 1 is 1.69 bits per heavy atom. The lowest BCUT2D eigenvalue weighted by Crippen LogP contribution is -2.38. The lowest BCUT2D eigenvalue weighted by atomic mass is 10.2. The van der Waals surface area contributed by atoms with Gasteiger partial charge in [-0.3, -0.25) is 9.59 Å². The van der Waals surface area contributed by atoms with Crippen LogP contribution in [0.2, 0.25) is 0 Å². The van der Waals surface area contributed by atoms with Gasteiger partial charge >= 0.3 is 0 Å². The van der Waals surface area contributed by atoms with E-state index in [0.717, 1.165) is 6.42 Å². The van der Waals surface area contributed by atoms with Crippen molar-refractivity contribution in [2.45, 2.75) is 25.9 Å². The second kappa shape index (κ2) is 6.75. The second-order valence-corrected chi connectivity index (χ2v) is 4.87. The normalized spacial score (nSPS) is 17.6. The molecule has 0 bridgehead atoms. The highest BCUT2D eigenvalue weighted by molar-refractivity contribution is 8.00. The molecule has 16 heavy (non-hydrogen) atoms. The van der Waals surface area contributed by atoms with Crippen LogP contribution in [-0.4, -0.2) is 52.6 Å². The molecule has 0 aliphatic carbocycles. The summed E-state index contributed by atoms with van der Waals surface area (Å²) in [6, 6.07) is 0. The summed E-state index contributed by atoms with van der Waals surface area (Å²) >= 11 is 1.53. The summed E-state index contributed by atoms with van der Waals surface area (Å²) in [5.74, 6) is 1.00. The van der Waals surface area contributed by atoms with Crippen molar-refractivity contribution in [1.29, 1.82) is 0 Å². The highest BCUT2D eigenvalue weighted by Gasteiger charge is 2.22. The Labute approximate surface area is 99.6 Å². The van der Waals surface area contributed by atoms with Crippen molar-refractivity contribution in [2.24, 2.45) is 0 Å². The summed E-state index contributed by atoms with van der Waals surface area (Å²) in [5.41, 5.74) is 0. The van der Waals surface area contributed by atoms with Crippen LogP contribution < -0.4 is 5.32 Å². The van der Waals surface area contributed by atoms with E-state index >= 15 is 0 Å². The quantitative estimate of drug-likeness (QED) is 0.637. The molecule has 1 rings (SSSR count). The highest BCUT2D eigenvalue weighted by Crippen LogP contribution is 2.13. The van der Waals surface area contributed by atoms with Gasteiger partial charge in [0.1, 0.15) is 6.54 Å². The maximum Gasteiger partial charge on any atom is 0.239 e. The average Bonchev–Trinajstić information content (AvgIpc) is 2.59. The first-order chi connectivity index (χ1) is 7.59. The molecular weight excluding hydrogens is 228 g/mol. The van der Waals surface area contributed by atoms with Crippen molar-refractivity contribution in [3.63, 3.8) is 0 Å². The minimum atomic E-state index is -0.325. The molecule has 6 heteroatoms. The van der Waals surface area contributed by atoms with Crippen molar-refractivity contribution in [1.82, 2.24) is 10.2 Å². The third kappa shape index (κ3) is 4.85. The number of aliphatic hydroxyl groups is 1. The van der Waals surface area contributed by atoms with Crippen molar-refractivity contribution in [3.05, 3.63) is 0 Å². The maximum absolute atomic E-state index is 11.4. The van der Waals surface area contributed by atoms with Crippen LogP contribution in [0.1, 0.15) is 19.8 Å². The van der Waals surface area contributed by atoms with Crippen molar-refractivity contribution in [2.75, 3.05) is 24.7 Å². The summed E-state index contributed by atoms with van der Waals surface area (Å²) in [6.45, 7) is 2.43. The van der Waals surface area contributed by atoms with Gasteiger partial charge in [-0.2, -0.15) is 0 Å². The van der Waals surface area contributed by atoms with Crippen LogP contribution in [0.5, 0.6) is 0 Å². The number of amides is 2. The Bertz CT molecular complexity index is 258. The molecule has 1 unspecified atom stereocenters. The first-order valence-electron chi connectivity index (χ1n) is 5.40. The number of carbonyl (C=O) groups is 2. The molecule has 92 valence electrons.